The van der Waals surface area contributed by atoms with Gasteiger partial charge in [-0.05, 0) is 31.5 Å². The van der Waals surface area contributed by atoms with Gasteiger partial charge in [0.15, 0.2) is 5.69 Å². The van der Waals surface area contributed by atoms with Crippen LogP contribution < -0.4 is 14.8 Å². The third kappa shape index (κ3) is 5.13. The maximum atomic E-state index is 13.8. The van der Waals surface area contributed by atoms with Gasteiger partial charge in [-0.3, -0.25) is 14.3 Å². The van der Waals surface area contributed by atoms with Crippen LogP contribution in [0.15, 0.2) is 54.6 Å². The Hall–Kier alpha value is -4.34. The van der Waals surface area contributed by atoms with Gasteiger partial charge in [0.2, 0.25) is 5.91 Å². The molecule has 194 valence electrons. The smallest absolute Gasteiger partial charge is 0.358 e. The van der Waals surface area contributed by atoms with Crippen molar-refractivity contribution in [3.63, 3.8) is 0 Å². The number of carbonyl (C=O) groups is 3. The fourth-order valence-electron chi connectivity index (χ4n) is 4.32. The lowest BCUT2D eigenvalue weighted by molar-refractivity contribution is -0.133. The maximum Gasteiger partial charge on any atom is 0.358 e. The summed E-state index contributed by atoms with van der Waals surface area (Å²) < 4.78 is 17.3. The summed E-state index contributed by atoms with van der Waals surface area (Å²) in [6.45, 7) is 3.99. The van der Waals surface area contributed by atoms with Crippen molar-refractivity contribution in [1.29, 1.82) is 0 Å². The normalized spacial score (nSPS) is 16.6. The van der Waals surface area contributed by atoms with Gasteiger partial charge < -0.3 is 24.4 Å². The third-order valence-corrected chi connectivity index (χ3v) is 6.39. The van der Waals surface area contributed by atoms with Crippen LogP contribution in [0.4, 0.5) is 0 Å². The summed E-state index contributed by atoms with van der Waals surface area (Å²) in [6, 6.07) is 16.2. The summed E-state index contributed by atoms with van der Waals surface area (Å²) in [5.41, 5.74) is 0.513. The van der Waals surface area contributed by atoms with E-state index in [9.17, 15) is 14.4 Å². The zero-order valence-electron chi connectivity index (χ0n) is 21.3. The predicted molar refractivity (Wildman–Crippen MR) is 134 cm³/mol. The molecule has 0 spiro atoms. The largest absolute Gasteiger partial charge is 0.497 e. The second-order valence-electron chi connectivity index (χ2n) is 8.80. The first-order valence-corrected chi connectivity index (χ1v) is 11.9. The maximum absolute atomic E-state index is 13.8. The van der Waals surface area contributed by atoms with E-state index >= 15 is 0 Å². The van der Waals surface area contributed by atoms with Crippen molar-refractivity contribution in [2.45, 2.75) is 39.0 Å². The predicted octanol–water partition coefficient (Wildman–Crippen LogP) is 2.81. The zero-order valence-corrected chi connectivity index (χ0v) is 21.3. The molecule has 3 aromatic rings. The molecular formula is C27H30N4O6. The SMILES string of the molecule is CCOC(=O)c1cc2n(n1)C[C@@](C)(C(=O)NCc1ccccc1)N(Cc1ccc(OC)cc1OC)C2=O. The Morgan fingerprint density at radius 3 is 2.51 bits per heavy atom. The molecule has 4 rings (SSSR count). The number of esters is 1. The zero-order chi connectivity index (χ0) is 26.6. The Bertz CT molecular complexity index is 1310. The highest BCUT2D eigenvalue weighted by atomic mass is 16.5. The number of nitrogens with one attached hydrogen (secondary N) is 1. The van der Waals surface area contributed by atoms with Crippen LogP contribution >= 0.6 is 0 Å². The number of amides is 2. The number of hydrogen-bond acceptors (Lipinski definition) is 7. The average molecular weight is 507 g/mol. The summed E-state index contributed by atoms with van der Waals surface area (Å²) in [5, 5.41) is 7.24. The molecular weight excluding hydrogens is 476 g/mol. The molecule has 1 aromatic heterocycles. The lowest BCUT2D eigenvalue weighted by atomic mass is 9.93. The van der Waals surface area contributed by atoms with Crippen molar-refractivity contribution in [1.82, 2.24) is 20.0 Å². The van der Waals surface area contributed by atoms with Crippen LogP contribution in [0, 0.1) is 0 Å². The molecule has 0 fully saturated rings. The molecule has 2 aromatic carbocycles. The fraction of sp³-hybridized carbons (Fsp3) is 0.333. The number of carbonyl (C=O) groups excluding carboxylic acids is 3. The summed E-state index contributed by atoms with van der Waals surface area (Å²) in [7, 11) is 3.09. The molecule has 10 nitrogen and oxygen atoms in total. The van der Waals surface area contributed by atoms with E-state index in [0.717, 1.165) is 5.56 Å². The Labute approximate surface area is 215 Å². The lowest BCUT2D eigenvalue weighted by Gasteiger charge is -2.43. The van der Waals surface area contributed by atoms with Crippen LogP contribution in [0.1, 0.15) is 46.0 Å². The molecule has 0 bridgehead atoms. The van der Waals surface area contributed by atoms with E-state index in [1.807, 2.05) is 30.3 Å². The van der Waals surface area contributed by atoms with Gasteiger partial charge >= 0.3 is 5.97 Å². The molecule has 2 amide bonds. The van der Waals surface area contributed by atoms with Crippen molar-refractivity contribution in [2.24, 2.45) is 0 Å². The molecule has 1 aliphatic rings. The monoisotopic (exact) mass is 506 g/mol. The molecule has 37 heavy (non-hydrogen) atoms. The van der Waals surface area contributed by atoms with Crippen LogP contribution in [0.3, 0.4) is 0 Å². The summed E-state index contributed by atoms with van der Waals surface area (Å²) in [6.07, 6.45) is 0. The number of hydrogen-bond donors (Lipinski definition) is 1. The minimum Gasteiger partial charge on any atom is -0.497 e. The van der Waals surface area contributed by atoms with Crippen molar-refractivity contribution >= 4 is 17.8 Å². The first-order valence-electron chi connectivity index (χ1n) is 11.9. The molecule has 0 aliphatic carbocycles. The van der Waals surface area contributed by atoms with Gasteiger partial charge in [-0.25, -0.2) is 4.79 Å². The number of ether oxygens (including phenoxy) is 3. The Morgan fingerprint density at radius 1 is 1.08 bits per heavy atom. The van der Waals surface area contributed by atoms with Gasteiger partial charge in [0, 0.05) is 24.2 Å². The molecule has 0 unspecified atom stereocenters. The molecule has 1 atom stereocenters. The Balaban J connectivity index is 1.71. The van der Waals surface area contributed by atoms with Crippen LogP contribution in [-0.4, -0.2) is 58.8 Å². The summed E-state index contributed by atoms with van der Waals surface area (Å²) >= 11 is 0. The van der Waals surface area contributed by atoms with Gasteiger partial charge in [-0.15, -0.1) is 0 Å². The molecule has 0 saturated carbocycles. The van der Waals surface area contributed by atoms with Crippen LogP contribution in [0.25, 0.3) is 0 Å². The number of nitrogens with zero attached hydrogens (tertiary/aromatic N) is 3. The first kappa shape index (κ1) is 25.7. The number of rotatable bonds is 9. The van der Waals surface area contributed by atoms with E-state index in [1.54, 1.807) is 39.2 Å². The van der Waals surface area contributed by atoms with Crippen molar-refractivity contribution < 1.29 is 28.6 Å². The van der Waals surface area contributed by atoms with E-state index in [-0.39, 0.29) is 37.0 Å². The second kappa shape index (κ2) is 10.7. The highest BCUT2D eigenvalue weighted by Gasteiger charge is 2.48. The first-order chi connectivity index (χ1) is 17.8. The summed E-state index contributed by atoms with van der Waals surface area (Å²) in [5.74, 6) is -0.298. The number of fused-ring (bicyclic) bond motifs is 1. The van der Waals surface area contributed by atoms with Crippen LogP contribution in [0.2, 0.25) is 0 Å². The average Bonchev–Trinajstić information content (AvgIpc) is 3.34. The van der Waals surface area contributed by atoms with Crippen LogP contribution in [-0.2, 0) is 29.2 Å². The van der Waals surface area contributed by atoms with Gasteiger partial charge in [0.05, 0.1) is 33.9 Å². The topological polar surface area (TPSA) is 112 Å². The van der Waals surface area contributed by atoms with E-state index in [1.165, 1.54) is 22.8 Å². The standard InChI is InChI=1S/C27H30N4O6/c1-5-37-25(33)21-14-22-24(32)30(16-19-11-12-20(35-3)13-23(19)36-4)27(2,17-31(22)29-21)26(34)28-15-18-9-7-6-8-10-18/h6-14H,5,15-17H2,1-4H3,(H,28,34)/t27-/m0/s1. The van der Waals surface area contributed by atoms with Crippen molar-refractivity contribution in [3.8, 4) is 11.5 Å². The quantitative estimate of drug-likeness (QED) is 0.444. The number of aromatic nitrogens is 2. The van der Waals surface area contributed by atoms with E-state index in [4.69, 9.17) is 14.2 Å². The Morgan fingerprint density at radius 2 is 1.84 bits per heavy atom. The van der Waals surface area contributed by atoms with Gasteiger partial charge in [-0.2, -0.15) is 5.10 Å². The summed E-state index contributed by atoms with van der Waals surface area (Å²) in [4.78, 5) is 41.3. The number of methoxy groups -OCH3 is 2. The molecule has 0 radical (unpaired) electrons. The minimum atomic E-state index is -1.32. The van der Waals surface area contributed by atoms with Gasteiger partial charge in [0.25, 0.3) is 5.91 Å². The third-order valence-electron chi connectivity index (χ3n) is 6.39. The number of benzene rings is 2. The molecule has 0 saturated heterocycles. The minimum absolute atomic E-state index is 0.0149. The van der Waals surface area contributed by atoms with Gasteiger partial charge in [0.1, 0.15) is 22.7 Å². The Kier molecular flexibility index (Phi) is 7.47. The van der Waals surface area contributed by atoms with E-state index in [2.05, 4.69) is 10.4 Å². The fourth-order valence-corrected chi connectivity index (χ4v) is 4.32. The van der Waals surface area contributed by atoms with E-state index in [0.29, 0.717) is 23.6 Å². The van der Waals surface area contributed by atoms with Crippen molar-refractivity contribution in [2.75, 3.05) is 20.8 Å². The second-order valence-corrected chi connectivity index (χ2v) is 8.80. The lowest BCUT2D eigenvalue weighted by Crippen LogP contribution is -2.63. The van der Waals surface area contributed by atoms with E-state index < -0.39 is 17.4 Å². The molecule has 1 aliphatic heterocycles. The molecule has 10 heteroatoms. The molecule has 1 N–H and O–H groups in total. The highest BCUT2D eigenvalue weighted by Crippen LogP contribution is 2.33. The molecule has 2 heterocycles. The van der Waals surface area contributed by atoms with Gasteiger partial charge in [-0.1, -0.05) is 30.3 Å². The highest BCUT2D eigenvalue weighted by molar-refractivity contribution is 6.01. The van der Waals surface area contributed by atoms with Crippen molar-refractivity contribution in [3.05, 3.63) is 77.1 Å². The van der Waals surface area contributed by atoms with Crippen LogP contribution in [0.5, 0.6) is 11.5 Å².